The highest BCUT2D eigenvalue weighted by Crippen LogP contribution is 2.29. The molecule has 0 saturated heterocycles. The van der Waals surface area contributed by atoms with Gasteiger partial charge >= 0.3 is 0 Å². The van der Waals surface area contributed by atoms with E-state index >= 15 is 0 Å². The van der Waals surface area contributed by atoms with Crippen molar-refractivity contribution in [1.82, 2.24) is 0 Å². The quantitative estimate of drug-likeness (QED) is 0.242. The molecule has 1 heterocycles. The molecule has 0 unspecified atom stereocenters. The minimum Gasteiger partial charge on any atom is -0.497 e. The third kappa shape index (κ3) is 4.77. The van der Waals surface area contributed by atoms with Crippen LogP contribution in [0, 0.1) is 0 Å². The van der Waals surface area contributed by atoms with Gasteiger partial charge in [0.1, 0.15) is 5.75 Å². The van der Waals surface area contributed by atoms with Crippen LogP contribution >= 0.6 is 0 Å². The first kappa shape index (κ1) is 21.7. The summed E-state index contributed by atoms with van der Waals surface area (Å²) in [5.74, 6) is 0.888. The van der Waals surface area contributed by atoms with Crippen molar-refractivity contribution < 1.29 is 9.30 Å². The lowest BCUT2D eigenvalue weighted by Crippen LogP contribution is -2.40. The zero-order chi connectivity index (χ0) is 23.2. The zero-order valence-electron chi connectivity index (χ0n) is 19.4. The van der Waals surface area contributed by atoms with Crippen molar-refractivity contribution in [2.75, 3.05) is 7.11 Å². The molecule has 0 atom stereocenters. The van der Waals surface area contributed by atoms with Crippen LogP contribution in [0.4, 0.5) is 0 Å². The third-order valence-electron chi connectivity index (χ3n) is 6.20. The van der Waals surface area contributed by atoms with Crippen LogP contribution in [-0.4, -0.2) is 7.11 Å². The van der Waals surface area contributed by atoms with E-state index in [0.717, 1.165) is 18.7 Å². The molecule has 2 nitrogen and oxygen atoms in total. The van der Waals surface area contributed by atoms with Gasteiger partial charge in [0, 0.05) is 29.7 Å². The summed E-state index contributed by atoms with van der Waals surface area (Å²) in [6, 6.07) is 45.0. The average Bonchev–Trinajstić information content (AvgIpc) is 2.93. The number of hydrogen-bond donors (Lipinski definition) is 0. The first-order valence-corrected chi connectivity index (χ1v) is 11.7. The Morgan fingerprint density at radius 1 is 0.529 bits per heavy atom. The van der Waals surface area contributed by atoms with Gasteiger partial charge in [-0.2, -0.15) is 4.57 Å². The Labute approximate surface area is 201 Å². The summed E-state index contributed by atoms with van der Waals surface area (Å²) in [4.78, 5) is 0. The van der Waals surface area contributed by atoms with Gasteiger partial charge in [-0.25, -0.2) is 0 Å². The number of nitrogens with zero attached hydrogens (tertiary/aromatic N) is 1. The highest BCUT2D eigenvalue weighted by atomic mass is 16.5. The van der Waals surface area contributed by atoms with Gasteiger partial charge in [0.2, 0.25) is 11.4 Å². The molecular weight excluding hydrogens is 414 g/mol. The van der Waals surface area contributed by atoms with E-state index in [1.807, 2.05) is 12.1 Å². The minimum absolute atomic E-state index is 0.871. The molecule has 2 heteroatoms. The van der Waals surface area contributed by atoms with Crippen LogP contribution in [0.15, 0.2) is 127 Å². The van der Waals surface area contributed by atoms with E-state index in [1.165, 1.54) is 39.2 Å². The molecule has 5 rings (SSSR count). The molecule has 34 heavy (non-hydrogen) atoms. The second-order valence-corrected chi connectivity index (χ2v) is 8.36. The summed E-state index contributed by atoms with van der Waals surface area (Å²) in [5, 5.41) is 0. The van der Waals surface area contributed by atoms with E-state index in [2.05, 4.69) is 120 Å². The lowest BCUT2D eigenvalue weighted by molar-refractivity contribution is -0.674. The molecule has 0 aliphatic heterocycles. The SMILES string of the molecule is COc1ccc(CC[n+]2c(-c3ccccc3)cc(-c3ccccc3)cc2-c2ccccc2)cc1. The molecule has 5 aromatic rings. The second-order valence-electron chi connectivity index (χ2n) is 8.36. The largest absolute Gasteiger partial charge is 0.497 e. The van der Waals surface area contributed by atoms with Gasteiger partial charge in [-0.15, -0.1) is 0 Å². The van der Waals surface area contributed by atoms with Gasteiger partial charge in [0.25, 0.3) is 0 Å². The minimum atomic E-state index is 0.871. The predicted octanol–water partition coefficient (Wildman–Crippen LogP) is 7.23. The molecule has 0 fully saturated rings. The van der Waals surface area contributed by atoms with Crippen molar-refractivity contribution in [2.45, 2.75) is 13.0 Å². The van der Waals surface area contributed by atoms with Crippen LogP contribution in [0.5, 0.6) is 5.75 Å². The van der Waals surface area contributed by atoms with Crippen LogP contribution in [0.25, 0.3) is 33.6 Å². The van der Waals surface area contributed by atoms with Crippen molar-refractivity contribution in [3.05, 3.63) is 133 Å². The van der Waals surface area contributed by atoms with E-state index in [0.29, 0.717) is 0 Å². The Hall–Kier alpha value is -4.17. The van der Waals surface area contributed by atoms with E-state index < -0.39 is 0 Å². The van der Waals surface area contributed by atoms with Crippen molar-refractivity contribution in [1.29, 1.82) is 0 Å². The van der Waals surface area contributed by atoms with E-state index in [9.17, 15) is 0 Å². The summed E-state index contributed by atoms with van der Waals surface area (Å²) >= 11 is 0. The number of ether oxygens (including phenoxy) is 1. The number of hydrogen-bond acceptors (Lipinski definition) is 1. The fraction of sp³-hybridized carbons (Fsp3) is 0.0938. The van der Waals surface area contributed by atoms with Crippen LogP contribution in [0.2, 0.25) is 0 Å². The number of benzene rings is 4. The lowest BCUT2D eigenvalue weighted by Gasteiger charge is -2.13. The van der Waals surface area contributed by atoms with E-state index in [-0.39, 0.29) is 0 Å². The first-order valence-electron chi connectivity index (χ1n) is 11.7. The second kappa shape index (κ2) is 10.2. The molecular formula is C32H28NO+. The fourth-order valence-corrected chi connectivity index (χ4v) is 4.39. The summed E-state index contributed by atoms with van der Waals surface area (Å²) in [6.45, 7) is 0.871. The highest BCUT2D eigenvalue weighted by Gasteiger charge is 2.22. The van der Waals surface area contributed by atoms with Gasteiger partial charge in [-0.05, 0) is 53.1 Å². The molecule has 4 aromatic carbocycles. The predicted molar refractivity (Wildman–Crippen MR) is 140 cm³/mol. The van der Waals surface area contributed by atoms with Crippen LogP contribution < -0.4 is 9.30 Å². The maximum atomic E-state index is 5.34. The standard InChI is InChI=1S/C32H28NO/c1-34-30-19-17-25(18-20-30)21-22-33-31(27-13-7-3-8-14-27)23-29(26-11-5-2-6-12-26)24-32(33)28-15-9-4-10-16-28/h2-20,23-24H,21-22H2,1H3/q+1. The van der Waals surface area contributed by atoms with Gasteiger partial charge in [-0.3, -0.25) is 0 Å². The molecule has 166 valence electrons. The molecule has 0 N–H and O–H groups in total. The van der Waals surface area contributed by atoms with E-state index in [4.69, 9.17) is 4.74 Å². The molecule has 0 bridgehead atoms. The van der Waals surface area contributed by atoms with E-state index in [1.54, 1.807) is 7.11 Å². The first-order chi connectivity index (χ1) is 16.8. The van der Waals surface area contributed by atoms with Crippen LogP contribution in [-0.2, 0) is 13.0 Å². The Morgan fingerprint density at radius 3 is 1.47 bits per heavy atom. The summed E-state index contributed by atoms with van der Waals surface area (Å²) in [5.41, 5.74) is 8.60. The van der Waals surface area contributed by atoms with Gasteiger partial charge in [0.05, 0.1) is 7.11 Å². The molecule has 0 aliphatic carbocycles. The van der Waals surface area contributed by atoms with Crippen molar-refractivity contribution in [3.8, 4) is 39.4 Å². The number of pyridine rings is 1. The number of aromatic nitrogens is 1. The Bertz CT molecular complexity index is 1280. The van der Waals surface area contributed by atoms with Gasteiger partial charge in [0.15, 0.2) is 6.54 Å². The molecule has 1 aromatic heterocycles. The highest BCUT2D eigenvalue weighted by molar-refractivity contribution is 5.73. The fourth-order valence-electron chi connectivity index (χ4n) is 4.39. The normalized spacial score (nSPS) is 10.7. The topological polar surface area (TPSA) is 13.1 Å². The summed E-state index contributed by atoms with van der Waals surface area (Å²) < 4.78 is 7.80. The monoisotopic (exact) mass is 442 g/mol. The van der Waals surface area contributed by atoms with Crippen molar-refractivity contribution >= 4 is 0 Å². The number of aryl methyl sites for hydroxylation is 1. The Morgan fingerprint density at radius 2 is 1.00 bits per heavy atom. The third-order valence-corrected chi connectivity index (χ3v) is 6.20. The molecule has 0 saturated carbocycles. The maximum Gasteiger partial charge on any atom is 0.213 e. The summed E-state index contributed by atoms with van der Waals surface area (Å²) in [7, 11) is 1.71. The van der Waals surface area contributed by atoms with Crippen molar-refractivity contribution in [2.24, 2.45) is 0 Å². The Kier molecular flexibility index (Phi) is 6.49. The van der Waals surface area contributed by atoms with Gasteiger partial charge < -0.3 is 4.74 Å². The smallest absolute Gasteiger partial charge is 0.213 e. The average molecular weight is 443 g/mol. The maximum absolute atomic E-state index is 5.34. The Balaban J connectivity index is 1.66. The van der Waals surface area contributed by atoms with Crippen LogP contribution in [0.1, 0.15) is 5.56 Å². The molecule has 0 amide bonds. The van der Waals surface area contributed by atoms with Crippen molar-refractivity contribution in [3.63, 3.8) is 0 Å². The zero-order valence-corrected chi connectivity index (χ0v) is 19.4. The molecule has 0 spiro atoms. The molecule has 0 radical (unpaired) electrons. The number of rotatable bonds is 7. The summed E-state index contributed by atoms with van der Waals surface area (Å²) in [6.07, 6.45) is 0.930. The lowest BCUT2D eigenvalue weighted by atomic mass is 9.98. The van der Waals surface area contributed by atoms with Gasteiger partial charge in [-0.1, -0.05) is 78.9 Å². The van der Waals surface area contributed by atoms with Crippen LogP contribution in [0.3, 0.4) is 0 Å². The number of methoxy groups -OCH3 is 1. The molecule has 0 aliphatic rings.